The van der Waals surface area contributed by atoms with E-state index in [0.717, 1.165) is 96.3 Å². The van der Waals surface area contributed by atoms with Crippen LogP contribution in [0.1, 0.15) is 367 Å². The predicted molar refractivity (Wildman–Crippen MR) is 353 cm³/mol. The van der Waals surface area contributed by atoms with Crippen molar-refractivity contribution in [3.05, 3.63) is 72.9 Å². The lowest BCUT2D eigenvalue weighted by Crippen LogP contribution is -2.30. The van der Waals surface area contributed by atoms with Gasteiger partial charge in [0, 0.05) is 19.3 Å². The maximum atomic E-state index is 12.9. The third-order valence-electron chi connectivity index (χ3n) is 15.6. The summed E-state index contributed by atoms with van der Waals surface area (Å²) in [5, 5.41) is 0. The fraction of sp³-hybridized carbons (Fsp3) is 0.800. The molecule has 0 aromatic carbocycles. The molecule has 0 fully saturated rings. The second-order valence-corrected chi connectivity index (χ2v) is 23.8. The second kappa shape index (κ2) is 69.3. The second-order valence-electron chi connectivity index (χ2n) is 23.8. The third-order valence-corrected chi connectivity index (χ3v) is 15.6. The molecule has 0 saturated carbocycles. The normalized spacial score (nSPS) is 12.5. The van der Waals surface area contributed by atoms with Crippen LogP contribution in [-0.2, 0) is 28.6 Å². The Morgan fingerprint density at radius 2 is 0.469 bits per heavy atom. The zero-order valence-corrected chi connectivity index (χ0v) is 54.1. The van der Waals surface area contributed by atoms with Gasteiger partial charge in [-0.1, -0.05) is 312 Å². The van der Waals surface area contributed by atoms with E-state index in [9.17, 15) is 14.4 Å². The van der Waals surface area contributed by atoms with Crippen molar-refractivity contribution in [2.75, 3.05) is 13.2 Å². The van der Waals surface area contributed by atoms with Crippen LogP contribution in [0.2, 0.25) is 0 Å². The van der Waals surface area contributed by atoms with Crippen molar-refractivity contribution < 1.29 is 28.6 Å². The summed E-state index contributed by atoms with van der Waals surface area (Å²) in [7, 11) is 0. The zero-order valence-electron chi connectivity index (χ0n) is 54.1. The first kappa shape index (κ1) is 77.9. The van der Waals surface area contributed by atoms with E-state index >= 15 is 0 Å². The van der Waals surface area contributed by atoms with Crippen LogP contribution in [0.4, 0.5) is 0 Å². The fourth-order valence-corrected chi connectivity index (χ4v) is 10.3. The molecule has 0 bridgehead atoms. The van der Waals surface area contributed by atoms with Crippen molar-refractivity contribution >= 4 is 17.9 Å². The van der Waals surface area contributed by atoms with Gasteiger partial charge in [-0.05, 0) is 109 Å². The van der Waals surface area contributed by atoms with Gasteiger partial charge in [0.2, 0.25) is 0 Å². The van der Waals surface area contributed by atoms with Crippen molar-refractivity contribution in [3.8, 4) is 0 Å². The maximum Gasteiger partial charge on any atom is 0.306 e. The molecule has 0 heterocycles. The minimum atomic E-state index is -0.782. The van der Waals surface area contributed by atoms with Crippen LogP contribution in [0.5, 0.6) is 0 Å². The van der Waals surface area contributed by atoms with E-state index in [4.69, 9.17) is 14.2 Å². The molecule has 0 radical (unpaired) electrons. The molecule has 0 aliphatic rings. The summed E-state index contributed by atoms with van der Waals surface area (Å²) in [6.45, 7) is 6.59. The Balaban J connectivity index is 4.20. The number of esters is 3. The van der Waals surface area contributed by atoms with Crippen molar-refractivity contribution in [2.45, 2.75) is 374 Å². The van der Waals surface area contributed by atoms with E-state index in [1.807, 2.05) is 0 Å². The summed E-state index contributed by atoms with van der Waals surface area (Å²) in [5.41, 5.74) is 0. The maximum absolute atomic E-state index is 12.9. The number of carbonyl (C=O) groups excluding carboxylic acids is 3. The first-order valence-electron chi connectivity index (χ1n) is 35.4. The Hall–Kier alpha value is -3.15. The van der Waals surface area contributed by atoms with Gasteiger partial charge in [-0.25, -0.2) is 0 Å². The van der Waals surface area contributed by atoms with E-state index < -0.39 is 6.10 Å². The Morgan fingerprint density at radius 3 is 0.753 bits per heavy atom. The molecule has 0 saturated heterocycles. The van der Waals surface area contributed by atoms with E-state index in [-0.39, 0.29) is 31.1 Å². The van der Waals surface area contributed by atoms with Crippen LogP contribution in [0.25, 0.3) is 0 Å². The molecule has 0 N–H and O–H groups in total. The average molecular weight is 1130 g/mol. The van der Waals surface area contributed by atoms with Gasteiger partial charge in [0.1, 0.15) is 13.2 Å². The van der Waals surface area contributed by atoms with Crippen molar-refractivity contribution in [2.24, 2.45) is 0 Å². The first-order valence-corrected chi connectivity index (χ1v) is 35.4. The Kier molecular flexibility index (Phi) is 66.6. The summed E-state index contributed by atoms with van der Waals surface area (Å²) in [6, 6.07) is 0. The number of unbranched alkanes of at least 4 members (excludes halogenated alkanes) is 42. The Labute approximate surface area is 503 Å². The lowest BCUT2D eigenvalue weighted by atomic mass is 10.0. The molecule has 0 spiro atoms. The highest BCUT2D eigenvalue weighted by Crippen LogP contribution is 2.17. The Morgan fingerprint density at radius 1 is 0.247 bits per heavy atom. The molecule has 0 aromatic heterocycles. The highest BCUT2D eigenvalue weighted by molar-refractivity contribution is 5.71. The minimum Gasteiger partial charge on any atom is -0.462 e. The van der Waals surface area contributed by atoms with Gasteiger partial charge in [0.15, 0.2) is 6.10 Å². The molecular formula is C75H134O6. The summed E-state index contributed by atoms with van der Waals surface area (Å²) in [5.74, 6) is -0.876. The number of rotatable bonds is 65. The molecular weight excluding hydrogens is 997 g/mol. The molecule has 0 aliphatic heterocycles. The molecule has 6 nitrogen and oxygen atoms in total. The van der Waals surface area contributed by atoms with Crippen LogP contribution in [0.15, 0.2) is 72.9 Å². The summed E-state index contributed by atoms with van der Waals surface area (Å²) in [4.78, 5) is 38.4. The highest BCUT2D eigenvalue weighted by Gasteiger charge is 2.19. The Bertz CT molecular complexity index is 1490. The van der Waals surface area contributed by atoms with Crippen LogP contribution in [0, 0.1) is 0 Å². The molecule has 1 unspecified atom stereocenters. The lowest BCUT2D eigenvalue weighted by molar-refractivity contribution is -0.167. The van der Waals surface area contributed by atoms with Gasteiger partial charge >= 0.3 is 17.9 Å². The molecule has 470 valence electrons. The molecule has 0 rings (SSSR count). The van der Waals surface area contributed by atoms with E-state index in [1.54, 1.807) is 0 Å². The largest absolute Gasteiger partial charge is 0.462 e. The SMILES string of the molecule is CCC/C=C\C/C=C\CCCCCCCC(=O)OCC(COC(=O)CCCCCCCCCCCCCCCCCC/C=C\C/C=C\C/C=C\CCCCCCC)OC(=O)CCCCCCCCCCC/C=C\CCCCCCCC. The van der Waals surface area contributed by atoms with Gasteiger partial charge < -0.3 is 14.2 Å². The smallest absolute Gasteiger partial charge is 0.306 e. The summed E-state index contributed by atoms with van der Waals surface area (Å²) >= 11 is 0. The fourth-order valence-electron chi connectivity index (χ4n) is 10.3. The van der Waals surface area contributed by atoms with E-state index in [2.05, 4.69) is 93.7 Å². The number of allylic oxidation sites excluding steroid dienone is 12. The summed E-state index contributed by atoms with van der Waals surface area (Å²) in [6.07, 6.45) is 90.8. The van der Waals surface area contributed by atoms with Gasteiger partial charge in [-0.3, -0.25) is 14.4 Å². The molecule has 0 amide bonds. The van der Waals surface area contributed by atoms with Gasteiger partial charge in [-0.2, -0.15) is 0 Å². The topological polar surface area (TPSA) is 78.9 Å². The molecule has 0 aromatic rings. The van der Waals surface area contributed by atoms with Crippen molar-refractivity contribution in [3.63, 3.8) is 0 Å². The van der Waals surface area contributed by atoms with Crippen molar-refractivity contribution in [1.29, 1.82) is 0 Å². The van der Waals surface area contributed by atoms with Gasteiger partial charge in [0.25, 0.3) is 0 Å². The van der Waals surface area contributed by atoms with Crippen LogP contribution in [-0.4, -0.2) is 37.2 Å². The molecule has 0 aliphatic carbocycles. The average Bonchev–Trinajstić information content (AvgIpc) is 3.46. The van der Waals surface area contributed by atoms with E-state index in [1.165, 1.54) is 231 Å². The number of hydrogen-bond donors (Lipinski definition) is 0. The predicted octanol–water partition coefficient (Wildman–Crippen LogP) is 24.4. The molecule has 81 heavy (non-hydrogen) atoms. The van der Waals surface area contributed by atoms with Gasteiger partial charge in [0.05, 0.1) is 0 Å². The zero-order chi connectivity index (χ0) is 58.5. The third kappa shape index (κ3) is 67.5. The van der Waals surface area contributed by atoms with Crippen LogP contribution >= 0.6 is 0 Å². The summed E-state index contributed by atoms with van der Waals surface area (Å²) < 4.78 is 17.0. The quantitative estimate of drug-likeness (QED) is 0.0261. The minimum absolute atomic E-state index is 0.0777. The molecule has 6 heteroatoms. The van der Waals surface area contributed by atoms with Crippen LogP contribution < -0.4 is 0 Å². The highest BCUT2D eigenvalue weighted by atomic mass is 16.6. The standard InChI is InChI=1S/C75H134O6/c1-4-7-10-13-16-19-22-25-27-29-31-32-33-34-35-36-37-38-39-40-41-42-44-45-47-50-53-56-59-62-65-68-74(77)80-71-72(70-79-73(76)67-64-61-58-55-52-49-24-21-18-15-12-9-6-3)81-75(78)69-66-63-60-57-54-51-48-46-43-30-28-26-23-20-17-14-11-8-5-2/h12,15,21-22,24-26,28-29,31,33-34,72H,4-11,13-14,16-20,23,27,30,32,35-71H2,1-3H3/b15-12-,24-21-,25-22-,28-26-,31-29-,34-33-. The van der Waals surface area contributed by atoms with E-state index in [0.29, 0.717) is 19.3 Å². The number of ether oxygens (including phenoxy) is 3. The van der Waals surface area contributed by atoms with Crippen molar-refractivity contribution in [1.82, 2.24) is 0 Å². The monoisotopic (exact) mass is 1130 g/mol. The number of hydrogen-bond acceptors (Lipinski definition) is 6. The van der Waals surface area contributed by atoms with Gasteiger partial charge in [-0.15, -0.1) is 0 Å². The lowest BCUT2D eigenvalue weighted by Gasteiger charge is -2.18. The number of carbonyl (C=O) groups is 3. The molecule has 1 atom stereocenters. The van der Waals surface area contributed by atoms with Crippen LogP contribution in [0.3, 0.4) is 0 Å². The first-order chi connectivity index (χ1) is 40.0.